The Morgan fingerprint density at radius 3 is 2.70 bits per heavy atom. The summed E-state index contributed by atoms with van der Waals surface area (Å²) in [5.74, 6) is 0.208. The molecule has 6 nitrogen and oxygen atoms in total. The van der Waals surface area contributed by atoms with Gasteiger partial charge in [0, 0.05) is 32.8 Å². The maximum absolute atomic E-state index is 10.8. The van der Waals surface area contributed by atoms with Crippen molar-refractivity contribution in [1.29, 1.82) is 0 Å². The van der Waals surface area contributed by atoms with E-state index in [0.29, 0.717) is 5.56 Å². The number of aromatic nitrogens is 1. The van der Waals surface area contributed by atoms with Crippen molar-refractivity contribution in [3.8, 4) is 5.75 Å². The summed E-state index contributed by atoms with van der Waals surface area (Å²) >= 11 is 0. The molecule has 166 valence electrons. The first-order valence-corrected chi connectivity index (χ1v) is 10.9. The predicted octanol–water partition coefficient (Wildman–Crippen LogP) is 6.55. The Morgan fingerprint density at radius 2 is 1.82 bits per heavy atom. The first-order valence-electron chi connectivity index (χ1n) is 10.9. The van der Waals surface area contributed by atoms with Crippen LogP contribution in [0.15, 0.2) is 71.9 Å². The van der Waals surface area contributed by atoms with Crippen molar-refractivity contribution in [3.63, 3.8) is 0 Å². The van der Waals surface area contributed by atoms with Crippen LogP contribution < -0.4 is 5.48 Å². The molecule has 6 heteroatoms. The second-order valence-electron chi connectivity index (χ2n) is 7.98. The number of H-pyrrole nitrogens is 1. The molecule has 1 heterocycles. The number of aromatic hydroxyl groups is 1. The SMILES string of the molecule is CCc1ccccc1NO/C=N/OCc1cc2ccc3c4ccccc4[nH]c3c2c(C)c1O. The largest absolute Gasteiger partial charge is 0.507 e. The monoisotopic (exact) mass is 439 g/mol. The molecular formula is C27H25N3O3. The Balaban J connectivity index is 1.33. The van der Waals surface area contributed by atoms with Crippen LogP contribution in [0.25, 0.3) is 32.6 Å². The van der Waals surface area contributed by atoms with Crippen LogP contribution in [0.4, 0.5) is 5.69 Å². The number of para-hydroxylation sites is 2. The van der Waals surface area contributed by atoms with Gasteiger partial charge < -0.3 is 19.8 Å². The van der Waals surface area contributed by atoms with Gasteiger partial charge in [0.15, 0.2) is 0 Å². The fourth-order valence-electron chi connectivity index (χ4n) is 4.36. The van der Waals surface area contributed by atoms with Crippen molar-refractivity contribution >= 4 is 44.7 Å². The Labute approximate surface area is 191 Å². The number of phenolic OH excluding ortho intramolecular Hbond substituents is 1. The molecule has 0 saturated heterocycles. The number of aryl methyl sites for hydroxylation is 2. The number of nitrogens with one attached hydrogen (secondary N) is 2. The minimum Gasteiger partial charge on any atom is -0.507 e. The van der Waals surface area contributed by atoms with E-state index in [1.54, 1.807) is 0 Å². The number of anilines is 1. The molecule has 0 unspecified atom stereocenters. The smallest absolute Gasteiger partial charge is 0.245 e. The lowest BCUT2D eigenvalue weighted by molar-refractivity contribution is 0.123. The number of aromatic amines is 1. The van der Waals surface area contributed by atoms with Gasteiger partial charge >= 0.3 is 0 Å². The molecule has 5 aromatic rings. The molecule has 0 fully saturated rings. The van der Waals surface area contributed by atoms with E-state index in [4.69, 9.17) is 9.68 Å². The van der Waals surface area contributed by atoms with E-state index in [2.05, 4.69) is 46.8 Å². The Morgan fingerprint density at radius 1 is 1.00 bits per heavy atom. The molecule has 0 spiro atoms. The maximum atomic E-state index is 10.8. The summed E-state index contributed by atoms with van der Waals surface area (Å²) in [6, 6.07) is 22.3. The highest BCUT2D eigenvalue weighted by atomic mass is 16.7. The van der Waals surface area contributed by atoms with Crippen LogP contribution in [0.2, 0.25) is 0 Å². The van der Waals surface area contributed by atoms with Crippen LogP contribution in [0.3, 0.4) is 0 Å². The summed E-state index contributed by atoms with van der Waals surface area (Å²) in [5.41, 5.74) is 8.46. The zero-order chi connectivity index (χ0) is 22.8. The summed E-state index contributed by atoms with van der Waals surface area (Å²) in [6.45, 7) is 4.13. The number of benzene rings is 4. The summed E-state index contributed by atoms with van der Waals surface area (Å²) in [4.78, 5) is 14.1. The van der Waals surface area contributed by atoms with E-state index in [1.165, 1.54) is 11.8 Å². The minimum absolute atomic E-state index is 0.124. The fraction of sp³-hybridized carbons (Fsp3) is 0.148. The van der Waals surface area contributed by atoms with Gasteiger partial charge in [-0.1, -0.05) is 60.6 Å². The van der Waals surface area contributed by atoms with Crippen LogP contribution in [-0.2, 0) is 22.7 Å². The number of phenols is 1. The van der Waals surface area contributed by atoms with E-state index in [0.717, 1.165) is 50.4 Å². The normalized spacial score (nSPS) is 11.6. The van der Waals surface area contributed by atoms with Crippen LogP contribution in [0.1, 0.15) is 23.6 Å². The number of nitrogens with zero attached hydrogens (tertiary/aromatic N) is 1. The first kappa shape index (κ1) is 20.7. The van der Waals surface area contributed by atoms with Gasteiger partial charge in [-0.05, 0) is 42.5 Å². The van der Waals surface area contributed by atoms with Crippen molar-refractivity contribution in [2.24, 2.45) is 5.16 Å². The van der Waals surface area contributed by atoms with Gasteiger partial charge in [-0.15, -0.1) is 0 Å². The lowest BCUT2D eigenvalue weighted by Crippen LogP contribution is -2.02. The number of rotatable bonds is 7. The van der Waals surface area contributed by atoms with Gasteiger partial charge in [0.25, 0.3) is 0 Å². The van der Waals surface area contributed by atoms with Gasteiger partial charge in [-0.3, -0.25) is 0 Å². The topological polar surface area (TPSA) is 78.9 Å². The molecule has 0 bridgehead atoms. The zero-order valence-electron chi connectivity index (χ0n) is 18.6. The second-order valence-corrected chi connectivity index (χ2v) is 7.98. The van der Waals surface area contributed by atoms with Crippen LogP contribution in [-0.4, -0.2) is 16.5 Å². The molecule has 0 atom stereocenters. The standard InChI is InChI=1S/C27H25N3O3/c1-3-18-8-4-6-10-23(18)30-33-16-28-32-15-20-14-19-12-13-22-21-9-5-7-11-24(21)29-26(22)25(19)17(2)27(20)31/h4-14,16,29-31H,3,15H2,1-2H3/b28-16+. The summed E-state index contributed by atoms with van der Waals surface area (Å²) in [7, 11) is 0. The molecule has 0 amide bonds. The molecule has 0 aliphatic rings. The third kappa shape index (κ3) is 3.80. The molecule has 5 rings (SSSR count). The highest BCUT2D eigenvalue weighted by Gasteiger charge is 2.15. The highest BCUT2D eigenvalue weighted by molar-refractivity contribution is 6.18. The fourth-order valence-corrected chi connectivity index (χ4v) is 4.36. The van der Waals surface area contributed by atoms with Crippen LogP contribution >= 0.6 is 0 Å². The van der Waals surface area contributed by atoms with Gasteiger partial charge in [0.1, 0.15) is 12.4 Å². The Hall–Kier alpha value is -4.19. The van der Waals surface area contributed by atoms with Crippen molar-refractivity contribution < 1.29 is 14.8 Å². The highest BCUT2D eigenvalue weighted by Crippen LogP contribution is 2.37. The van der Waals surface area contributed by atoms with E-state index >= 15 is 0 Å². The molecule has 3 N–H and O–H groups in total. The third-order valence-electron chi connectivity index (χ3n) is 6.04. The Bertz CT molecular complexity index is 1490. The zero-order valence-corrected chi connectivity index (χ0v) is 18.6. The third-order valence-corrected chi connectivity index (χ3v) is 6.04. The molecule has 33 heavy (non-hydrogen) atoms. The van der Waals surface area contributed by atoms with E-state index < -0.39 is 0 Å². The van der Waals surface area contributed by atoms with Gasteiger partial charge in [0.05, 0.1) is 11.2 Å². The van der Waals surface area contributed by atoms with Crippen molar-refractivity contribution in [2.75, 3.05) is 5.48 Å². The molecule has 0 aliphatic heterocycles. The quantitative estimate of drug-likeness (QED) is 0.153. The predicted molar refractivity (Wildman–Crippen MR) is 134 cm³/mol. The Kier molecular flexibility index (Phi) is 5.48. The average molecular weight is 440 g/mol. The molecular weight excluding hydrogens is 414 g/mol. The number of oxime groups is 1. The van der Waals surface area contributed by atoms with E-state index in [-0.39, 0.29) is 12.4 Å². The molecule has 1 aromatic heterocycles. The van der Waals surface area contributed by atoms with E-state index in [9.17, 15) is 5.11 Å². The summed E-state index contributed by atoms with van der Waals surface area (Å²) < 4.78 is 0. The van der Waals surface area contributed by atoms with E-state index in [1.807, 2.05) is 49.4 Å². The summed E-state index contributed by atoms with van der Waals surface area (Å²) in [6.07, 6.45) is 2.09. The van der Waals surface area contributed by atoms with Gasteiger partial charge in [-0.2, -0.15) is 0 Å². The maximum Gasteiger partial charge on any atom is 0.245 e. The van der Waals surface area contributed by atoms with Gasteiger partial charge in [-0.25, -0.2) is 5.48 Å². The minimum atomic E-state index is 0.124. The van der Waals surface area contributed by atoms with Crippen LogP contribution in [0, 0.1) is 6.92 Å². The van der Waals surface area contributed by atoms with Crippen molar-refractivity contribution in [2.45, 2.75) is 26.9 Å². The van der Waals surface area contributed by atoms with Gasteiger partial charge in [0.2, 0.25) is 6.40 Å². The molecule has 4 aromatic carbocycles. The lowest BCUT2D eigenvalue weighted by Gasteiger charge is -2.11. The number of hydrogen-bond donors (Lipinski definition) is 3. The molecule has 0 aliphatic carbocycles. The van der Waals surface area contributed by atoms with Crippen molar-refractivity contribution in [3.05, 3.63) is 83.4 Å². The molecule has 0 saturated carbocycles. The first-order chi connectivity index (χ1) is 16.2. The summed E-state index contributed by atoms with van der Waals surface area (Å²) in [5, 5.41) is 19.0. The molecule has 0 radical (unpaired) electrons. The number of hydrogen-bond acceptors (Lipinski definition) is 5. The number of fused-ring (bicyclic) bond motifs is 5. The second kappa shape index (κ2) is 8.74. The van der Waals surface area contributed by atoms with Crippen LogP contribution in [0.5, 0.6) is 5.75 Å². The average Bonchev–Trinajstić information content (AvgIpc) is 3.22. The lowest BCUT2D eigenvalue weighted by atomic mass is 9.98. The van der Waals surface area contributed by atoms with Crippen molar-refractivity contribution in [1.82, 2.24) is 4.98 Å².